The fourth-order valence-electron chi connectivity index (χ4n) is 11.5. The lowest BCUT2D eigenvalue weighted by Gasteiger charge is -2.37. The van der Waals surface area contributed by atoms with Crippen LogP contribution in [0.25, 0.3) is 54.7 Å². The molecule has 4 fully saturated rings. The summed E-state index contributed by atoms with van der Waals surface area (Å²) in [6.07, 6.45) is 2.42. The number of nitrogens with zero attached hydrogens (tertiary/aromatic N) is 4. The standard InChI is InChI=1S/C51H52N8O6/c1-25(2)40(56-50(62)64-4)48(60)58-33-16-11-32(23-33)45(58)47-53-38-20-15-31-22-29(13-18-35(31)43(38)55-47)28-12-17-34-30(21-28)14-19-37-42(34)54-46(52-37)39-24-36-26(3)44(36)59(39)49(61)41(57-51(63)65-5)27-9-7-6-8-10-27/h6-10,12-15,17-22,25-26,32-33,36,39-41,44-45H,11,16,23-24H2,1-5H3,(H,52,54)(H,53,55)(H,56,62)(H,57,63)/t26?,32-,33+,36?,39-,40?,41+,44?,45-/m0/s1. The molecule has 332 valence electrons. The highest BCUT2D eigenvalue weighted by Crippen LogP contribution is 2.58. The van der Waals surface area contributed by atoms with E-state index >= 15 is 0 Å². The summed E-state index contributed by atoms with van der Waals surface area (Å²) in [5.41, 5.74) is 6.37. The van der Waals surface area contributed by atoms with Crippen molar-refractivity contribution in [2.45, 2.75) is 82.7 Å². The van der Waals surface area contributed by atoms with Gasteiger partial charge in [-0.1, -0.05) is 87.5 Å². The molecule has 5 aromatic carbocycles. The lowest BCUT2D eigenvalue weighted by atomic mass is 9.95. The fraction of sp³-hybridized carbons (Fsp3) is 0.373. The highest BCUT2D eigenvalue weighted by molar-refractivity contribution is 6.07. The van der Waals surface area contributed by atoms with Crippen LogP contribution in [0.1, 0.15) is 81.8 Å². The molecule has 4 amide bonds. The van der Waals surface area contributed by atoms with Gasteiger partial charge in [-0.2, -0.15) is 0 Å². The second kappa shape index (κ2) is 15.6. The maximum absolute atomic E-state index is 14.5. The smallest absolute Gasteiger partial charge is 0.407 e. The molecule has 7 aromatic rings. The number of rotatable bonds is 9. The Morgan fingerprint density at radius 3 is 1.95 bits per heavy atom. The molecule has 65 heavy (non-hydrogen) atoms. The Morgan fingerprint density at radius 1 is 0.708 bits per heavy atom. The van der Waals surface area contributed by atoms with Crippen LogP contribution in [0.4, 0.5) is 9.59 Å². The summed E-state index contributed by atoms with van der Waals surface area (Å²) in [5, 5.41) is 9.72. The third kappa shape index (κ3) is 6.75. The molecule has 2 aliphatic carbocycles. The molecule has 14 nitrogen and oxygen atoms in total. The number of carbonyl (C=O) groups excluding carboxylic acids is 4. The lowest BCUT2D eigenvalue weighted by molar-refractivity contribution is -0.139. The first kappa shape index (κ1) is 40.8. The number of H-pyrrole nitrogens is 2. The number of fused-ring (bicyclic) bond motifs is 9. The number of carbonyl (C=O) groups is 4. The summed E-state index contributed by atoms with van der Waals surface area (Å²) in [5.74, 6) is 2.17. The average molecular weight is 873 g/mol. The number of alkyl carbamates (subject to hydrolysis) is 2. The van der Waals surface area contributed by atoms with Crippen LogP contribution >= 0.6 is 0 Å². The van der Waals surface area contributed by atoms with Crippen molar-refractivity contribution < 1.29 is 28.7 Å². The Balaban J connectivity index is 0.876. The van der Waals surface area contributed by atoms with Gasteiger partial charge in [0.1, 0.15) is 23.7 Å². The molecule has 4 aliphatic rings. The number of piperidine rings is 2. The van der Waals surface area contributed by atoms with Crippen molar-refractivity contribution in [2.24, 2.45) is 23.7 Å². The molecule has 2 aliphatic heterocycles. The first-order valence-corrected chi connectivity index (χ1v) is 22.7. The van der Waals surface area contributed by atoms with Crippen LogP contribution in [-0.2, 0) is 19.1 Å². The van der Waals surface area contributed by atoms with Crippen molar-refractivity contribution in [3.05, 3.63) is 108 Å². The zero-order valence-electron chi connectivity index (χ0n) is 37.0. The van der Waals surface area contributed by atoms with Crippen LogP contribution in [0.5, 0.6) is 0 Å². The summed E-state index contributed by atoms with van der Waals surface area (Å²) >= 11 is 0. The molecule has 14 heteroatoms. The number of imidazole rings is 2. The number of aromatic amines is 2. The number of hydrogen-bond donors (Lipinski definition) is 4. The number of likely N-dealkylation sites (tertiary alicyclic amines) is 2. The van der Waals surface area contributed by atoms with Gasteiger partial charge in [-0.3, -0.25) is 9.59 Å². The van der Waals surface area contributed by atoms with Gasteiger partial charge in [0.25, 0.3) is 5.91 Å². The third-order valence-corrected chi connectivity index (χ3v) is 14.9. The monoisotopic (exact) mass is 872 g/mol. The Bertz CT molecular complexity index is 3050. The zero-order valence-corrected chi connectivity index (χ0v) is 37.0. The molecule has 0 radical (unpaired) electrons. The van der Waals surface area contributed by atoms with Gasteiger partial charge in [0.2, 0.25) is 5.91 Å². The summed E-state index contributed by atoms with van der Waals surface area (Å²) in [4.78, 5) is 74.8. The average Bonchev–Trinajstić information content (AvgIpc) is 4.04. The Hall–Kier alpha value is -6.96. The second-order valence-electron chi connectivity index (χ2n) is 18.8. The number of methoxy groups -OCH3 is 2. The quantitative estimate of drug-likeness (QED) is 0.111. The van der Waals surface area contributed by atoms with Crippen LogP contribution < -0.4 is 10.6 Å². The molecule has 4 N–H and O–H groups in total. The van der Waals surface area contributed by atoms with Crippen molar-refractivity contribution in [1.82, 2.24) is 40.4 Å². The normalized spacial score (nSPS) is 24.2. The second-order valence-corrected chi connectivity index (χ2v) is 18.8. The topological polar surface area (TPSA) is 175 Å². The van der Waals surface area contributed by atoms with Gasteiger partial charge in [-0.05, 0) is 101 Å². The molecule has 4 unspecified atom stereocenters. The van der Waals surface area contributed by atoms with E-state index in [1.807, 2.05) is 54.0 Å². The van der Waals surface area contributed by atoms with Crippen LogP contribution in [0, 0.1) is 23.7 Å². The van der Waals surface area contributed by atoms with Gasteiger partial charge in [0.15, 0.2) is 0 Å². The van der Waals surface area contributed by atoms with E-state index < -0.39 is 24.3 Å². The molecule has 2 bridgehead atoms. The SMILES string of the molecule is COC(=O)NC(C(=O)N1[C@@H]2CC[C@@H](C2)[C@H]1c1nc2c(ccc3cc(-c4ccc5c(ccc6[nH]c([C@@H]7CC8C(C)C8N7C(=O)[C@H](NC(=O)OC)c7ccccc7)nc65)c4)ccc32)[nH]1)C(C)C. The van der Waals surface area contributed by atoms with E-state index in [0.29, 0.717) is 23.3 Å². The van der Waals surface area contributed by atoms with Gasteiger partial charge in [0.05, 0.1) is 48.4 Å². The number of hydrogen-bond acceptors (Lipinski definition) is 8. The largest absolute Gasteiger partial charge is 0.453 e. The molecule has 4 heterocycles. The lowest BCUT2D eigenvalue weighted by Crippen LogP contribution is -2.54. The van der Waals surface area contributed by atoms with Crippen LogP contribution in [-0.4, -0.2) is 86.1 Å². The predicted octanol–water partition coefficient (Wildman–Crippen LogP) is 8.85. The van der Waals surface area contributed by atoms with Crippen molar-refractivity contribution >= 4 is 67.6 Å². The van der Waals surface area contributed by atoms with E-state index in [-0.39, 0.29) is 41.9 Å². The fourth-order valence-corrected chi connectivity index (χ4v) is 11.5. The zero-order chi connectivity index (χ0) is 44.8. The van der Waals surface area contributed by atoms with Crippen molar-refractivity contribution in [1.29, 1.82) is 0 Å². The highest BCUT2D eigenvalue weighted by atomic mass is 16.5. The van der Waals surface area contributed by atoms with Crippen molar-refractivity contribution in [2.75, 3.05) is 14.2 Å². The van der Waals surface area contributed by atoms with E-state index in [9.17, 15) is 19.2 Å². The van der Waals surface area contributed by atoms with E-state index in [0.717, 1.165) is 92.1 Å². The minimum absolute atomic E-state index is 0.0723. The summed E-state index contributed by atoms with van der Waals surface area (Å²) in [7, 11) is 2.61. The van der Waals surface area contributed by atoms with E-state index in [2.05, 4.69) is 88.2 Å². The van der Waals surface area contributed by atoms with E-state index in [4.69, 9.17) is 19.4 Å². The van der Waals surface area contributed by atoms with Gasteiger partial charge in [-0.25, -0.2) is 19.6 Å². The first-order chi connectivity index (χ1) is 31.5. The van der Waals surface area contributed by atoms with Crippen molar-refractivity contribution in [3.63, 3.8) is 0 Å². The molecule has 2 saturated carbocycles. The molecule has 9 atom stereocenters. The van der Waals surface area contributed by atoms with E-state index in [1.165, 1.54) is 14.2 Å². The molecular weight excluding hydrogens is 821 g/mol. The highest BCUT2D eigenvalue weighted by Gasteiger charge is 2.61. The van der Waals surface area contributed by atoms with Gasteiger partial charge >= 0.3 is 12.2 Å². The minimum Gasteiger partial charge on any atom is -0.453 e. The minimum atomic E-state index is -0.892. The maximum Gasteiger partial charge on any atom is 0.407 e. The molecule has 11 rings (SSSR count). The summed E-state index contributed by atoms with van der Waals surface area (Å²) < 4.78 is 9.79. The number of nitrogens with one attached hydrogen (secondary N) is 4. The number of benzene rings is 5. The Kier molecular flexibility index (Phi) is 9.81. The van der Waals surface area contributed by atoms with Gasteiger partial charge in [-0.15, -0.1) is 0 Å². The molecule has 2 aromatic heterocycles. The Morgan fingerprint density at radius 2 is 1.32 bits per heavy atom. The number of ether oxygens (including phenoxy) is 2. The first-order valence-electron chi connectivity index (χ1n) is 22.7. The number of aromatic nitrogens is 4. The summed E-state index contributed by atoms with van der Waals surface area (Å²) in [6.45, 7) is 6.05. The van der Waals surface area contributed by atoms with Gasteiger partial charge < -0.3 is 39.9 Å². The van der Waals surface area contributed by atoms with Crippen LogP contribution in [0.3, 0.4) is 0 Å². The van der Waals surface area contributed by atoms with Crippen LogP contribution in [0.2, 0.25) is 0 Å². The van der Waals surface area contributed by atoms with E-state index in [1.54, 1.807) is 0 Å². The van der Waals surface area contributed by atoms with Gasteiger partial charge in [0, 0.05) is 22.9 Å². The Labute approximate surface area is 375 Å². The molecular formula is C51H52N8O6. The third-order valence-electron chi connectivity index (χ3n) is 14.9. The van der Waals surface area contributed by atoms with Crippen molar-refractivity contribution in [3.8, 4) is 11.1 Å². The van der Waals surface area contributed by atoms with Crippen LogP contribution in [0.15, 0.2) is 91.0 Å². The molecule has 0 spiro atoms. The summed E-state index contributed by atoms with van der Waals surface area (Å²) in [6, 6.07) is 28.7. The predicted molar refractivity (Wildman–Crippen MR) is 246 cm³/mol. The molecule has 2 saturated heterocycles. The number of amides is 4. The maximum atomic E-state index is 14.5.